The number of carbonyl (C=O) groups is 3. The van der Waals surface area contributed by atoms with Gasteiger partial charge in [-0.15, -0.1) is 0 Å². The van der Waals surface area contributed by atoms with Gasteiger partial charge in [-0.2, -0.15) is 39.5 Å². The van der Waals surface area contributed by atoms with Crippen molar-refractivity contribution < 1.29 is 82.3 Å². The number of nitrogens with zero attached hydrogens (tertiary/aromatic N) is 5. The van der Waals surface area contributed by atoms with Crippen LogP contribution in [0, 0.1) is 0 Å². The number of aliphatic hydroxyl groups is 1. The maximum atomic E-state index is 13.0. The summed E-state index contributed by atoms with van der Waals surface area (Å²) in [6.45, 7) is 12.7. The topological polar surface area (TPSA) is 136 Å². The van der Waals surface area contributed by atoms with Crippen LogP contribution in [0.2, 0.25) is 0 Å². The third kappa shape index (κ3) is 23.0. The first-order valence-corrected chi connectivity index (χ1v) is 35.4. The van der Waals surface area contributed by atoms with Crippen LogP contribution < -0.4 is 15.1 Å². The molecule has 0 spiro atoms. The molecule has 3 aliphatic rings. The van der Waals surface area contributed by atoms with Gasteiger partial charge in [-0.3, -0.25) is 24.2 Å². The number of aliphatic imine (C=N–C) groups is 3. The Hall–Kier alpha value is -8.27. The van der Waals surface area contributed by atoms with Gasteiger partial charge in [0.25, 0.3) is 17.7 Å². The molecule has 0 bridgehead atoms. The van der Waals surface area contributed by atoms with Crippen LogP contribution in [0.5, 0.6) is 0 Å². The number of rotatable bonds is 7. The molecular weight excluding hydrogens is 1520 g/mol. The van der Waals surface area contributed by atoms with Crippen LogP contribution in [-0.2, 0) is 62.8 Å². The van der Waals surface area contributed by atoms with Gasteiger partial charge in [0.1, 0.15) is 17.1 Å². The molecule has 3 amide bonds. The van der Waals surface area contributed by atoms with E-state index in [1.165, 1.54) is 51.8 Å². The van der Waals surface area contributed by atoms with Gasteiger partial charge in [-0.1, -0.05) is 188 Å². The fourth-order valence-electron chi connectivity index (χ4n) is 8.88. The summed E-state index contributed by atoms with van der Waals surface area (Å²) in [5.41, 5.74) is 4.44. The SMILES string of the molecule is C.CC.CC.CC.CO.COCc1ccccc1.II.O=C1C(=Nc2cccc(C(F)(F)F)c2)c2ccccc2N1c1ccccc1.O=C1C(=Nc2cccc(C(F)(F)F)c2)c2ccccc2N1c1ccccc1.O=C1Nc2ccccc2C1=Nc1cccc(C(F)(F)F)c1.[V]. The number of methoxy groups -OCH3 is 1. The van der Waals surface area contributed by atoms with Gasteiger partial charge < -0.3 is 15.2 Å². The van der Waals surface area contributed by atoms with Gasteiger partial charge in [0.2, 0.25) is 0 Å². The third-order valence-corrected chi connectivity index (χ3v) is 12.7. The molecule has 0 saturated carbocycles. The Morgan fingerprint density at radius 2 is 0.719 bits per heavy atom. The number of ether oxygens (including phenoxy) is 1. The van der Waals surface area contributed by atoms with Gasteiger partial charge in [0, 0.05) is 98.1 Å². The summed E-state index contributed by atoms with van der Waals surface area (Å²) in [4.78, 5) is 53.5. The van der Waals surface area contributed by atoms with E-state index in [4.69, 9.17) is 9.84 Å². The van der Waals surface area contributed by atoms with Gasteiger partial charge in [-0.05, 0) is 103 Å². The van der Waals surface area contributed by atoms with Gasteiger partial charge in [0.15, 0.2) is 0 Å². The number of hydrogen-bond donors (Lipinski definition) is 2. The van der Waals surface area contributed by atoms with Crippen molar-refractivity contribution in [2.24, 2.45) is 15.0 Å². The molecule has 0 aliphatic carbocycles. The Bertz CT molecular complexity index is 3800. The molecule has 0 fully saturated rings. The van der Waals surface area contributed by atoms with Crippen molar-refractivity contribution in [3.63, 3.8) is 0 Å². The van der Waals surface area contributed by atoms with E-state index in [-0.39, 0.29) is 72.0 Å². The standard InChI is InChI=1S/2C21H13F3N2O.C15H9F3N2O.C8H10O.3C2H6.CH4O.CH4.I2.V/c2*22-21(23,24)14-7-6-8-15(13-14)25-19-17-11-4-5-12-18(17)26(20(19)27)16-9-2-1-3-10-16;16-15(17,18)9-4-3-5-10(8-9)19-13-11-6-1-2-7-12(11)20-14(13)21;1-9-7-8-5-3-2-4-6-8;4*1-2;;1-2;/h2*1-13H;1-8H,(H,19,20,21);2-6H,7H2,1H3;3*1-2H3;2H,1H3;1H4;;. The molecule has 505 valence electrons. The van der Waals surface area contributed by atoms with Crippen molar-refractivity contribution >= 4 is 118 Å². The summed E-state index contributed by atoms with van der Waals surface area (Å²) in [6, 6.07) is 63.2. The number of carbonyl (C=O) groups excluding carboxylic acids is 3. The summed E-state index contributed by atoms with van der Waals surface area (Å²) in [5, 5.41) is 9.62. The number of benzene rings is 9. The normalized spacial score (nSPS) is 13.3. The first kappa shape index (κ1) is 83.8. The van der Waals surface area contributed by atoms with Crippen LogP contribution in [0.1, 0.15) is 87.9 Å². The maximum Gasteiger partial charge on any atom is 0.416 e. The molecular formula is C73H71F9I2N6O5V. The molecule has 0 unspecified atom stereocenters. The zero-order valence-corrected chi connectivity index (χ0v) is 58.4. The molecule has 0 atom stereocenters. The number of aliphatic hydroxyl groups excluding tert-OH is 1. The van der Waals surface area contributed by atoms with Crippen molar-refractivity contribution in [2.75, 3.05) is 29.3 Å². The van der Waals surface area contributed by atoms with Crippen molar-refractivity contribution in [3.05, 3.63) is 276 Å². The van der Waals surface area contributed by atoms with E-state index >= 15 is 0 Å². The van der Waals surface area contributed by atoms with E-state index in [0.29, 0.717) is 51.7 Å². The zero-order valence-electron chi connectivity index (χ0n) is 52.6. The molecule has 96 heavy (non-hydrogen) atoms. The Balaban J connectivity index is 0.000000431. The molecule has 23 heteroatoms. The molecule has 12 rings (SSSR count). The number of halogens is 11. The molecule has 0 aromatic heterocycles. The second kappa shape index (κ2) is 41.6. The second-order valence-corrected chi connectivity index (χ2v) is 18.4. The molecule has 0 saturated heterocycles. The van der Waals surface area contributed by atoms with Crippen LogP contribution in [0.3, 0.4) is 0 Å². The van der Waals surface area contributed by atoms with Crippen LogP contribution in [0.4, 0.5) is 85.0 Å². The first-order valence-electron chi connectivity index (χ1n) is 29.1. The Morgan fingerprint density at radius 3 is 1.06 bits per heavy atom. The van der Waals surface area contributed by atoms with E-state index in [9.17, 15) is 53.9 Å². The number of fused-ring (bicyclic) bond motifs is 3. The largest absolute Gasteiger partial charge is 0.416 e. The predicted molar refractivity (Wildman–Crippen MR) is 382 cm³/mol. The molecule has 1 radical (unpaired) electrons. The van der Waals surface area contributed by atoms with E-state index in [1.807, 2.05) is 108 Å². The van der Waals surface area contributed by atoms with Crippen molar-refractivity contribution in [3.8, 4) is 0 Å². The van der Waals surface area contributed by atoms with Crippen LogP contribution in [0.15, 0.2) is 252 Å². The average molecular weight is 1590 g/mol. The minimum absolute atomic E-state index is 0. The van der Waals surface area contributed by atoms with E-state index in [2.05, 4.69) is 57.5 Å². The summed E-state index contributed by atoms with van der Waals surface area (Å²) in [5.74, 6) is -1.17. The molecule has 3 heterocycles. The number of hydrogen-bond acceptors (Lipinski definition) is 8. The molecule has 2 N–H and O–H groups in total. The quantitative estimate of drug-likeness (QED) is 0.121. The summed E-state index contributed by atoms with van der Waals surface area (Å²) in [7, 11) is 2.70. The Morgan fingerprint density at radius 1 is 0.417 bits per heavy atom. The minimum Gasteiger partial charge on any atom is -0.400 e. The van der Waals surface area contributed by atoms with Crippen molar-refractivity contribution in [1.82, 2.24) is 0 Å². The van der Waals surface area contributed by atoms with Gasteiger partial charge >= 0.3 is 18.5 Å². The fourth-order valence-corrected chi connectivity index (χ4v) is 8.88. The Kier molecular flexibility index (Phi) is 36.4. The second-order valence-electron chi connectivity index (χ2n) is 18.4. The number of nitrogens with one attached hydrogen (secondary N) is 1. The molecule has 9 aromatic carbocycles. The molecule has 9 aromatic rings. The maximum absolute atomic E-state index is 13.0. The van der Waals surface area contributed by atoms with Crippen molar-refractivity contribution in [1.29, 1.82) is 0 Å². The smallest absolute Gasteiger partial charge is 0.400 e. The molecule has 3 aliphatic heterocycles. The first-order chi connectivity index (χ1) is 45.3. The van der Waals surface area contributed by atoms with E-state index in [1.54, 1.807) is 104 Å². The van der Waals surface area contributed by atoms with Crippen LogP contribution >= 0.6 is 37.2 Å². The monoisotopic (exact) mass is 1590 g/mol. The third-order valence-electron chi connectivity index (χ3n) is 12.7. The number of anilines is 5. The average Bonchev–Trinajstić information content (AvgIpc) is 1.62. The van der Waals surface area contributed by atoms with Crippen LogP contribution in [-0.4, -0.2) is 54.2 Å². The van der Waals surface area contributed by atoms with Gasteiger partial charge in [0.05, 0.1) is 57.4 Å². The minimum atomic E-state index is -4.47. The Labute approximate surface area is 589 Å². The van der Waals surface area contributed by atoms with Crippen LogP contribution in [0.25, 0.3) is 0 Å². The molecule has 11 nitrogen and oxygen atoms in total. The van der Waals surface area contributed by atoms with E-state index in [0.717, 1.165) is 43.5 Å². The summed E-state index contributed by atoms with van der Waals surface area (Å²) >= 11 is 4.24. The predicted octanol–water partition coefficient (Wildman–Crippen LogP) is 21.7. The summed E-state index contributed by atoms with van der Waals surface area (Å²) in [6.07, 6.45) is -13.4. The number of alkyl halides is 9. The summed E-state index contributed by atoms with van der Waals surface area (Å²) < 4.78 is 121. The van der Waals surface area contributed by atoms with Crippen molar-refractivity contribution in [2.45, 2.75) is 74.1 Å². The number of para-hydroxylation sites is 5. The fraction of sp³-hybridized carbons (Fsp3) is 0.178. The zero-order chi connectivity index (χ0) is 69.6. The van der Waals surface area contributed by atoms with Gasteiger partial charge in [-0.25, -0.2) is 15.0 Å². The number of amides is 3. The van der Waals surface area contributed by atoms with E-state index < -0.39 is 41.1 Å².